The van der Waals surface area contributed by atoms with Crippen molar-refractivity contribution < 1.29 is 14.3 Å². The molecule has 0 saturated heterocycles. The van der Waals surface area contributed by atoms with Gasteiger partial charge in [-0.25, -0.2) is 0 Å². The summed E-state index contributed by atoms with van der Waals surface area (Å²) in [6.07, 6.45) is 2.04. The maximum atomic E-state index is 14.1. The lowest BCUT2D eigenvalue weighted by molar-refractivity contribution is -0.119. The molecule has 0 spiro atoms. The van der Waals surface area contributed by atoms with E-state index in [-0.39, 0.29) is 11.8 Å². The number of carbonyl (C=O) groups is 2. The van der Waals surface area contributed by atoms with E-state index < -0.39 is 12.0 Å². The third kappa shape index (κ3) is 4.22. The SMILES string of the molecule is COCCN1C(=O)c2ccccc2[C@H](C(=O)Nc2ccc(Br)cc2C)[C@H]1c1cn(C)c2ccccc12. The van der Waals surface area contributed by atoms with Gasteiger partial charge in [0.25, 0.3) is 5.91 Å². The Morgan fingerprint density at radius 2 is 1.81 bits per heavy atom. The van der Waals surface area contributed by atoms with Crippen molar-refractivity contribution in [3.05, 3.63) is 99.7 Å². The number of nitrogens with zero attached hydrogens (tertiary/aromatic N) is 2. The number of benzene rings is 3. The first-order valence-electron chi connectivity index (χ1n) is 11.9. The highest BCUT2D eigenvalue weighted by molar-refractivity contribution is 9.10. The summed E-state index contributed by atoms with van der Waals surface area (Å²) in [5.74, 6) is -0.852. The zero-order chi connectivity index (χ0) is 25.4. The van der Waals surface area contributed by atoms with Crippen molar-refractivity contribution in [2.45, 2.75) is 18.9 Å². The Hall–Kier alpha value is -3.42. The van der Waals surface area contributed by atoms with Gasteiger partial charge in [0.05, 0.1) is 18.6 Å². The summed E-state index contributed by atoms with van der Waals surface area (Å²) < 4.78 is 8.38. The van der Waals surface area contributed by atoms with Gasteiger partial charge in [0.2, 0.25) is 5.91 Å². The van der Waals surface area contributed by atoms with Crippen LogP contribution in [0.2, 0.25) is 0 Å². The first-order valence-corrected chi connectivity index (χ1v) is 12.7. The smallest absolute Gasteiger partial charge is 0.254 e. The Morgan fingerprint density at radius 1 is 1.06 bits per heavy atom. The van der Waals surface area contributed by atoms with E-state index in [2.05, 4.69) is 37.9 Å². The van der Waals surface area contributed by atoms with E-state index in [1.54, 1.807) is 12.0 Å². The van der Waals surface area contributed by atoms with Crippen LogP contribution in [0.5, 0.6) is 0 Å². The Bertz CT molecular complexity index is 1460. The van der Waals surface area contributed by atoms with Gasteiger partial charge in [-0.2, -0.15) is 0 Å². The number of fused-ring (bicyclic) bond motifs is 2. The molecule has 0 radical (unpaired) electrons. The van der Waals surface area contributed by atoms with Gasteiger partial charge in [0.15, 0.2) is 0 Å². The molecule has 184 valence electrons. The molecule has 2 atom stereocenters. The van der Waals surface area contributed by atoms with Crippen molar-refractivity contribution in [3.8, 4) is 0 Å². The van der Waals surface area contributed by atoms with Crippen molar-refractivity contribution in [1.29, 1.82) is 0 Å². The first-order chi connectivity index (χ1) is 17.4. The number of rotatable bonds is 6. The average molecular weight is 546 g/mol. The molecule has 36 heavy (non-hydrogen) atoms. The number of aryl methyl sites for hydroxylation is 2. The number of ether oxygens (including phenoxy) is 1. The van der Waals surface area contributed by atoms with E-state index in [1.165, 1.54) is 0 Å². The lowest BCUT2D eigenvalue weighted by atomic mass is 9.79. The van der Waals surface area contributed by atoms with Crippen LogP contribution < -0.4 is 5.32 Å². The van der Waals surface area contributed by atoms with Crippen LogP contribution in [-0.4, -0.2) is 41.5 Å². The van der Waals surface area contributed by atoms with Gasteiger partial charge >= 0.3 is 0 Å². The predicted octanol–water partition coefficient (Wildman–Crippen LogP) is 5.82. The molecule has 6 nitrogen and oxygen atoms in total. The fourth-order valence-electron chi connectivity index (χ4n) is 5.24. The minimum Gasteiger partial charge on any atom is -0.383 e. The van der Waals surface area contributed by atoms with Crippen LogP contribution in [0.4, 0.5) is 5.69 Å². The van der Waals surface area contributed by atoms with Crippen molar-refractivity contribution in [2.24, 2.45) is 7.05 Å². The van der Waals surface area contributed by atoms with Gasteiger partial charge in [0, 0.05) is 59.1 Å². The molecule has 5 rings (SSSR count). The summed E-state index contributed by atoms with van der Waals surface area (Å²) in [6.45, 7) is 2.71. The van der Waals surface area contributed by atoms with Crippen molar-refractivity contribution in [3.63, 3.8) is 0 Å². The maximum absolute atomic E-state index is 14.1. The average Bonchev–Trinajstić information content (AvgIpc) is 3.21. The van der Waals surface area contributed by atoms with E-state index in [0.717, 1.165) is 37.8 Å². The number of carbonyl (C=O) groups excluding carboxylic acids is 2. The molecule has 0 fully saturated rings. The van der Waals surface area contributed by atoms with E-state index in [0.29, 0.717) is 18.7 Å². The Labute approximate surface area is 219 Å². The van der Waals surface area contributed by atoms with Gasteiger partial charge in [-0.15, -0.1) is 0 Å². The molecule has 0 saturated carbocycles. The summed E-state index contributed by atoms with van der Waals surface area (Å²) >= 11 is 3.49. The van der Waals surface area contributed by atoms with E-state index >= 15 is 0 Å². The van der Waals surface area contributed by atoms with E-state index in [1.807, 2.05) is 74.8 Å². The first kappa shape index (κ1) is 24.3. The second-order valence-corrected chi connectivity index (χ2v) is 10.1. The second kappa shape index (κ2) is 9.91. The summed E-state index contributed by atoms with van der Waals surface area (Å²) in [5.41, 5.74) is 4.99. The van der Waals surface area contributed by atoms with Gasteiger partial charge in [0.1, 0.15) is 0 Å². The van der Waals surface area contributed by atoms with Crippen LogP contribution in [0.15, 0.2) is 77.4 Å². The fourth-order valence-corrected chi connectivity index (χ4v) is 5.72. The van der Waals surface area contributed by atoms with E-state index in [4.69, 9.17) is 4.74 Å². The molecule has 1 N–H and O–H groups in total. The molecule has 0 unspecified atom stereocenters. The number of aromatic nitrogens is 1. The second-order valence-electron chi connectivity index (χ2n) is 9.16. The monoisotopic (exact) mass is 545 g/mol. The Kier molecular flexibility index (Phi) is 6.69. The maximum Gasteiger partial charge on any atom is 0.254 e. The van der Waals surface area contributed by atoms with Crippen molar-refractivity contribution >= 4 is 44.3 Å². The number of methoxy groups -OCH3 is 1. The Balaban J connectivity index is 1.69. The predicted molar refractivity (Wildman–Crippen MR) is 145 cm³/mol. The minimum atomic E-state index is -0.607. The van der Waals surface area contributed by atoms with Crippen LogP contribution in [0, 0.1) is 6.92 Å². The van der Waals surface area contributed by atoms with Crippen LogP contribution >= 0.6 is 15.9 Å². The molecule has 7 heteroatoms. The summed E-state index contributed by atoms with van der Waals surface area (Å²) in [5, 5.41) is 4.18. The zero-order valence-electron chi connectivity index (χ0n) is 20.5. The lowest BCUT2D eigenvalue weighted by Crippen LogP contribution is -2.47. The minimum absolute atomic E-state index is 0.0931. The summed E-state index contributed by atoms with van der Waals surface area (Å²) in [6, 6.07) is 20.8. The van der Waals surface area contributed by atoms with Crippen LogP contribution in [0.3, 0.4) is 0 Å². The van der Waals surface area contributed by atoms with Gasteiger partial charge < -0.3 is 19.5 Å². The number of anilines is 1. The lowest BCUT2D eigenvalue weighted by Gasteiger charge is -2.41. The third-order valence-electron chi connectivity index (χ3n) is 6.95. The van der Waals surface area contributed by atoms with Crippen LogP contribution in [-0.2, 0) is 16.6 Å². The molecule has 2 amide bonds. The third-order valence-corrected chi connectivity index (χ3v) is 7.44. The number of hydrogen-bond acceptors (Lipinski definition) is 3. The highest BCUT2D eigenvalue weighted by Crippen LogP contribution is 2.45. The quantitative estimate of drug-likeness (QED) is 0.332. The van der Waals surface area contributed by atoms with Gasteiger partial charge in [-0.3, -0.25) is 9.59 Å². The molecule has 4 aromatic rings. The van der Waals surface area contributed by atoms with Crippen molar-refractivity contribution in [1.82, 2.24) is 9.47 Å². The molecule has 1 aromatic heterocycles. The zero-order valence-corrected chi connectivity index (χ0v) is 22.1. The summed E-state index contributed by atoms with van der Waals surface area (Å²) in [4.78, 5) is 29.7. The normalized spacial score (nSPS) is 17.3. The number of halogens is 1. The molecule has 1 aliphatic rings. The molecule has 0 bridgehead atoms. The molecule has 3 aromatic carbocycles. The molecular weight excluding hydrogens is 518 g/mol. The topological polar surface area (TPSA) is 63.6 Å². The largest absolute Gasteiger partial charge is 0.383 e. The summed E-state index contributed by atoms with van der Waals surface area (Å²) in [7, 11) is 3.61. The van der Waals surface area contributed by atoms with Gasteiger partial charge in [-0.05, 0) is 48.4 Å². The highest BCUT2D eigenvalue weighted by atomic mass is 79.9. The van der Waals surface area contributed by atoms with Gasteiger partial charge in [-0.1, -0.05) is 52.3 Å². The number of para-hydroxylation sites is 1. The van der Waals surface area contributed by atoms with Crippen molar-refractivity contribution in [2.75, 3.05) is 25.6 Å². The Morgan fingerprint density at radius 3 is 2.58 bits per heavy atom. The van der Waals surface area contributed by atoms with Crippen LogP contribution in [0.25, 0.3) is 10.9 Å². The molecular formula is C29H28BrN3O3. The molecule has 2 heterocycles. The fraction of sp³-hybridized carbons (Fsp3) is 0.241. The van der Waals surface area contributed by atoms with E-state index in [9.17, 15) is 9.59 Å². The molecule has 1 aliphatic heterocycles. The number of nitrogens with one attached hydrogen (secondary N) is 1. The number of amides is 2. The number of hydrogen-bond donors (Lipinski definition) is 1. The molecule has 0 aliphatic carbocycles. The highest BCUT2D eigenvalue weighted by Gasteiger charge is 2.45. The standard InChI is InChI=1S/C29H28BrN3O3/c1-18-16-19(30)12-13-24(18)31-28(34)26-21-9-4-5-10-22(21)29(35)33(14-15-36-3)27(26)23-17-32(2)25-11-7-6-8-20(23)25/h4-13,16-17,26-27H,14-15H2,1-3H3,(H,31,34)/t26-,27+/m0/s1. The van der Waals surface area contributed by atoms with Crippen LogP contribution in [0.1, 0.15) is 39.0 Å².